The van der Waals surface area contributed by atoms with Gasteiger partial charge in [-0.15, -0.1) is 0 Å². The molecule has 4 nitrogen and oxygen atoms in total. The Bertz CT molecular complexity index is 992. The Morgan fingerprint density at radius 2 is 1.88 bits per heavy atom. The second-order valence-electron chi connectivity index (χ2n) is 5.22. The molecule has 2 aromatic carbocycles. The topological polar surface area (TPSA) is 56.5 Å². The number of hydrogen-bond acceptors (Lipinski definition) is 4. The van der Waals surface area contributed by atoms with Gasteiger partial charge in [-0.2, -0.15) is 0 Å². The van der Waals surface area contributed by atoms with Gasteiger partial charge in [0, 0.05) is 23.1 Å². The van der Waals surface area contributed by atoms with Crippen molar-refractivity contribution in [3.05, 3.63) is 74.1 Å². The van der Waals surface area contributed by atoms with Crippen molar-refractivity contribution >= 4 is 40.0 Å². The Kier molecular flexibility index (Phi) is 4.60. The average molecular weight is 363 g/mol. The third kappa shape index (κ3) is 3.30. The van der Waals surface area contributed by atoms with E-state index in [1.165, 1.54) is 12.1 Å². The van der Waals surface area contributed by atoms with E-state index in [4.69, 9.17) is 32.4 Å². The zero-order chi connectivity index (χ0) is 17.3. The first-order valence-electron chi connectivity index (χ1n) is 7.10. The van der Waals surface area contributed by atoms with Crippen LogP contribution < -0.4 is 10.4 Å². The minimum Gasteiger partial charge on any atom is -0.484 e. The maximum atomic E-state index is 12.2. The van der Waals surface area contributed by atoms with Gasteiger partial charge in [-0.05, 0) is 30.7 Å². The van der Waals surface area contributed by atoms with Gasteiger partial charge >= 0.3 is 5.63 Å². The predicted octanol–water partition coefficient (Wildman–Crippen LogP) is 4.67. The van der Waals surface area contributed by atoms with Crippen LogP contribution in [0.15, 0.2) is 51.7 Å². The van der Waals surface area contributed by atoms with Crippen LogP contribution in [0.2, 0.25) is 10.0 Å². The number of ketones is 1. The molecule has 24 heavy (non-hydrogen) atoms. The fourth-order valence-electron chi connectivity index (χ4n) is 2.34. The summed E-state index contributed by atoms with van der Waals surface area (Å²) in [5.41, 5.74) is 1.02. The predicted molar refractivity (Wildman–Crippen MR) is 93.5 cm³/mol. The summed E-state index contributed by atoms with van der Waals surface area (Å²) in [4.78, 5) is 23.7. The number of aryl methyl sites for hydroxylation is 1. The summed E-state index contributed by atoms with van der Waals surface area (Å²) < 4.78 is 10.6. The molecule has 0 amide bonds. The molecule has 0 atom stereocenters. The van der Waals surface area contributed by atoms with Crippen molar-refractivity contribution in [2.24, 2.45) is 0 Å². The molecular formula is C18H12Cl2O4. The molecule has 6 heteroatoms. The largest absolute Gasteiger partial charge is 0.484 e. The van der Waals surface area contributed by atoms with Crippen LogP contribution in [0.3, 0.4) is 0 Å². The maximum absolute atomic E-state index is 12.2. The van der Waals surface area contributed by atoms with Gasteiger partial charge in [-0.25, -0.2) is 4.79 Å². The standard InChI is InChI=1S/C18H12Cl2O4/c1-10-6-18(22)24-16-8-17(14(20)7-12(10)16)23-9-15(21)11-4-2-3-5-13(11)19/h2-8H,9H2,1H3. The van der Waals surface area contributed by atoms with Gasteiger partial charge in [0.2, 0.25) is 5.78 Å². The van der Waals surface area contributed by atoms with Crippen molar-refractivity contribution in [3.63, 3.8) is 0 Å². The Hall–Kier alpha value is -2.30. The van der Waals surface area contributed by atoms with Gasteiger partial charge in [-0.3, -0.25) is 4.79 Å². The molecule has 1 heterocycles. The van der Waals surface area contributed by atoms with Crippen molar-refractivity contribution < 1.29 is 13.9 Å². The molecule has 0 unspecified atom stereocenters. The Labute approximate surface area is 147 Å². The quantitative estimate of drug-likeness (QED) is 0.499. The van der Waals surface area contributed by atoms with E-state index in [1.54, 1.807) is 37.3 Å². The van der Waals surface area contributed by atoms with Crippen LogP contribution in [0.25, 0.3) is 11.0 Å². The number of fused-ring (bicyclic) bond motifs is 1. The molecule has 0 aliphatic carbocycles. The highest BCUT2D eigenvalue weighted by atomic mass is 35.5. The van der Waals surface area contributed by atoms with Gasteiger partial charge in [0.25, 0.3) is 0 Å². The van der Waals surface area contributed by atoms with Crippen molar-refractivity contribution in [2.45, 2.75) is 6.92 Å². The minimum atomic E-state index is -0.458. The molecule has 0 aliphatic heterocycles. The van der Waals surface area contributed by atoms with Crippen LogP contribution in [0.4, 0.5) is 0 Å². The first-order chi connectivity index (χ1) is 11.5. The van der Waals surface area contributed by atoms with Crippen molar-refractivity contribution in [3.8, 4) is 5.75 Å². The lowest BCUT2D eigenvalue weighted by atomic mass is 10.1. The zero-order valence-corrected chi connectivity index (χ0v) is 14.1. The van der Waals surface area contributed by atoms with E-state index in [0.29, 0.717) is 26.6 Å². The van der Waals surface area contributed by atoms with E-state index in [9.17, 15) is 9.59 Å². The van der Waals surface area contributed by atoms with Crippen LogP contribution in [0, 0.1) is 6.92 Å². The highest BCUT2D eigenvalue weighted by molar-refractivity contribution is 6.34. The number of carbonyl (C=O) groups is 1. The maximum Gasteiger partial charge on any atom is 0.336 e. The van der Waals surface area contributed by atoms with E-state index in [1.807, 2.05) is 0 Å². The Morgan fingerprint density at radius 3 is 2.62 bits per heavy atom. The van der Waals surface area contributed by atoms with Gasteiger partial charge in [-0.1, -0.05) is 35.3 Å². The molecule has 3 rings (SSSR count). The molecule has 1 aromatic heterocycles. The normalized spacial score (nSPS) is 10.8. The van der Waals surface area contributed by atoms with Gasteiger partial charge in [0.05, 0.1) is 10.0 Å². The van der Waals surface area contributed by atoms with E-state index in [0.717, 1.165) is 5.56 Å². The lowest BCUT2D eigenvalue weighted by Gasteiger charge is -2.10. The highest BCUT2D eigenvalue weighted by Crippen LogP contribution is 2.31. The zero-order valence-electron chi connectivity index (χ0n) is 12.6. The monoisotopic (exact) mass is 362 g/mol. The van der Waals surface area contributed by atoms with E-state index >= 15 is 0 Å². The molecule has 122 valence electrons. The van der Waals surface area contributed by atoms with Crippen LogP contribution in [-0.4, -0.2) is 12.4 Å². The molecule has 0 aliphatic rings. The lowest BCUT2D eigenvalue weighted by Crippen LogP contribution is -2.12. The number of carbonyl (C=O) groups excluding carboxylic acids is 1. The summed E-state index contributed by atoms with van der Waals surface area (Å²) >= 11 is 12.2. The number of ether oxygens (including phenoxy) is 1. The first-order valence-corrected chi connectivity index (χ1v) is 7.86. The van der Waals surface area contributed by atoms with E-state index < -0.39 is 5.63 Å². The molecule has 0 radical (unpaired) electrons. The minimum absolute atomic E-state index is 0.231. The van der Waals surface area contributed by atoms with Crippen LogP contribution in [0.5, 0.6) is 5.75 Å². The van der Waals surface area contributed by atoms with Gasteiger partial charge < -0.3 is 9.15 Å². The summed E-state index contributed by atoms with van der Waals surface area (Å²) in [6, 6.07) is 11.3. The third-order valence-corrected chi connectivity index (χ3v) is 4.16. The molecule has 0 spiro atoms. The average Bonchev–Trinajstić information content (AvgIpc) is 2.54. The van der Waals surface area contributed by atoms with Crippen LogP contribution >= 0.6 is 23.2 Å². The number of Topliss-reactive ketones (excluding diaryl/α,β-unsaturated/α-hetero) is 1. The summed E-state index contributed by atoms with van der Waals surface area (Å²) in [5.74, 6) is -0.0132. The molecule has 0 saturated carbocycles. The number of benzene rings is 2. The number of halogens is 2. The second-order valence-corrected chi connectivity index (χ2v) is 6.03. The smallest absolute Gasteiger partial charge is 0.336 e. The molecule has 3 aromatic rings. The molecule has 0 saturated heterocycles. The van der Waals surface area contributed by atoms with Crippen molar-refractivity contribution in [1.82, 2.24) is 0 Å². The Balaban J connectivity index is 1.88. The molecule has 0 bridgehead atoms. The SMILES string of the molecule is Cc1cc(=O)oc2cc(OCC(=O)c3ccccc3Cl)c(Cl)cc12. The second kappa shape index (κ2) is 6.67. The summed E-state index contributed by atoms with van der Waals surface area (Å²) in [7, 11) is 0. The first kappa shape index (κ1) is 16.6. The van der Waals surface area contributed by atoms with Crippen molar-refractivity contribution in [2.75, 3.05) is 6.61 Å². The van der Waals surface area contributed by atoms with Gasteiger partial charge in [0.15, 0.2) is 6.61 Å². The fraction of sp³-hybridized carbons (Fsp3) is 0.111. The van der Waals surface area contributed by atoms with Crippen LogP contribution in [-0.2, 0) is 0 Å². The Morgan fingerprint density at radius 1 is 1.12 bits per heavy atom. The molecule has 0 fully saturated rings. The number of rotatable bonds is 4. The van der Waals surface area contributed by atoms with Crippen molar-refractivity contribution in [1.29, 1.82) is 0 Å². The summed E-state index contributed by atoms with van der Waals surface area (Å²) in [5, 5.41) is 1.40. The third-order valence-electron chi connectivity index (χ3n) is 3.54. The van der Waals surface area contributed by atoms with Crippen LogP contribution in [0.1, 0.15) is 15.9 Å². The van der Waals surface area contributed by atoms with E-state index in [2.05, 4.69) is 0 Å². The molecule has 0 N–H and O–H groups in total. The summed E-state index contributed by atoms with van der Waals surface area (Å²) in [6.07, 6.45) is 0. The lowest BCUT2D eigenvalue weighted by molar-refractivity contribution is 0.0922. The fourth-order valence-corrected chi connectivity index (χ4v) is 2.80. The van der Waals surface area contributed by atoms with E-state index in [-0.39, 0.29) is 18.1 Å². The molecular weight excluding hydrogens is 351 g/mol. The number of hydrogen-bond donors (Lipinski definition) is 0. The highest BCUT2D eigenvalue weighted by Gasteiger charge is 2.13. The summed E-state index contributed by atoms with van der Waals surface area (Å²) in [6.45, 7) is 1.56. The van der Waals surface area contributed by atoms with Gasteiger partial charge in [0.1, 0.15) is 11.3 Å².